The van der Waals surface area contributed by atoms with Crippen LogP contribution in [-0.4, -0.2) is 19.4 Å². The molecule has 8 heteroatoms. The lowest BCUT2D eigenvalue weighted by atomic mass is 9.98. The Labute approximate surface area is 173 Å². The van der Waals surface area contributed by atoms with E-state index in [2.05, 4.69) is 0 Å². The molecule has 0 amide bonds. The largest absolute Gasteiger partial charge is 0.458 e. The van der Waals surface area contributed by atoms with Gasteiger partial charge in [-0.3, -0.25) is 0 Å². The number of fused-ring (bicyclic) bond motifs is 1. The fourth-order valence-corrected chi connectivity index (χ4v) is 3.34. The summed E-state index contributed by atoms with van der Waals surface area (Å²) in [5, 5.41) is -0.761. The molecule has 3 aromatic carbocycles. The highest BCUT2D eigenvalue weighted by Gasteiger charge is 2.24. The normalized spacial score (nSPS) is 15.0. The van der Waals surface area contributed by atoms with Crippen molar-refractivity contribution in [2.75, 3.05) is 13.2 Å². The molecular formula is C23H14F6O2. The average molecular weight is 436 g/mol. The van der Waals surface area contributed by atoms with Crippen LogP contribution in [0.1, 0.15) is 23.8 Å². The Morgan fingerprint density at radius 3 is 2.16 bits per heavy atom. The Morgan fingerprint density at radius 2 is 1.52 bits per heavy atom. The third-order valence-corrected chi connectivity index (χ3v) is 4.75. The Hall–Kier alpha value is -3.02. The Bertz CT molecular complexity index is 1180. The molecule has 0 unspecified atom stereocenters. The minimum atomic E-state index is -4.93. The van der Waals surface area contributed by atoms with Gasteiger partial charge in [-0.25, -0.2) is 13.2 Å². The second-order valence-electron chi connectivity index (χ2n) is 6.90. The Balaban J connectivity index is 1.73. The van der Waals surface area contributed by atoms with Crippen LogP contribution in [0.3, 0.4) is 0 Å². The lowest BCUT2D eigenvalue weighted by molar-refractivity contribution is -0.183. The summed E-state index contributed by atoms with van der Waals surface area (Å²) in [5.74, 6) is -1.61. The predicted molar refractivity (Wildman–Crippen MR) is 101 cm³/mol. The molecule has 4 rings (SSSR count). The molecule has 1 aliphatic heterocycles. The molecule has 0 radical (unpaired) electrons. The van der Waals surface area contributed by atoms with E-state index in [1.165, 1.54) is 12.0 Å². The summed E-state index contributed by atoms with van der Waals surface area (Å²) < 4.78 is 91.3. The van der Waals surface area contributed by atoms with Gasteiger partial charge in [-0.05, 0) is 41.1 Å². The van der Waals surface area contributed by atoms with Crippen LogP contribution >= 0.6 is 0 Å². The molecule has 2 nitrogen and oxygen atoms in total. The first-order valence-electron chi connectivity index (χ1n) is 9.27. The molecular weight excluding hydrogens is 422 g/mol. The number of benzene rings is 3. The number of hydrogen-bond donors (Lipinski definition) is 0. The maximum absolute atomic E-state index is 14.7. The molecule has 160 valence electrons. The fourth-order valence-electron chi connectivity index (χ4n) is 3.34. The lowest BCUT2D eigenvalue weighted by Crippen LogP contribution is -2.17. The van der Waals surface area contributed by atoms with Crippen molar-refractivity contribution in [1.29, 1.82) is 0 Å². The lowest BCUT2D eigenvalue weighted by Gasteiger charge is -2.23. The van der Waals surface area contributed by atoms with E-state index in [4.69, 9.17) is 9.47 Å². The van der Waals surface area contributed by atoms with Crippen molar-refractivity contribution in [2.24, 2.45) is 0 Å². The van der Waals surface area contributed by atoms with Crippen molar-refractivity contribution in [3.63, 3.8) is 0 Å². The molecule has 1 heterocycles. The number of ether oxygens (including phenoxy) is 2. The van der Waals surface area contributed by atoms with Crippen molar-refractivity contribution in [2.45, 2.75) is 18.9 Å². The van der Waals surface area contributed by atoms with Crippen LogP contribution in [0.5, 0.6) is 0 Å². The Kier molecular flexibility index (Phi) is 5.65. The highest BCUT2D eigenvalue weighted by Crippen LogP contribution is 2.32. The monoisotopic (exact) mass is 436 g/mol. The van der Waals surface area contributed by atoms with E-state index in [9.17, 15) is 26.3 Å². The third kappa shape index (κ3) is 4.53. The minimum absolute atomic E-state index is 0.134. The van der Waals surface area contributed by atoms with Crippen LogP contribution in [0.2, 0.25) is 0 Å². The van der Waals surface area contributed by atoms with E-state index >= 15 is 0 Å². The van der Waals surface area contributed by atoms with Crippen molar-refractivity contribution in [3.8, 4) is 23.0 Å². The maximum Gasteiger partial charge on any atom is 0.458 e. The highest BCUT2D eigenvalue weighted by molar-refractivity contribution is 5.89. The van der Waals surface area contributed by atoms with Gasteiger partial charge in [0.15, 0.2) is 12.1 Å². The number of hydrogen-bond acceptors (Lipinski definition) is 2. The summed E-state index contributed by atoms with van der Waals surface area (Å²) in [7, 11) is 0. The van der Waals surface area contributed by atoms with Gasteiger partial charge in [0.25, 0.3) is 0 Å². The van der Waals surface area contributed by atoms with Gasteiger partial charge < -0.3 is 9.47 Å². The average Bonchev–Trinajstić information content (AvgIpc) is 2.73. The van der Waals surface area contributed by atoms with E-state index in [1.807, 2.05) is 0 Å². The SMILES string of the molecule is Fc1cc2cc(-c3ccc(C4OCCCO4)cc3)cc(F)c2c(F)c1C#CC(F)(F)F. The zero-order valence-electron chi connectivity index (χ0n) is 15.8. The second kappa shape index (κ2) is 8.25. The van der Waals surface area contributed by atoms with Crippen LogP contribution in [0.25, 0.3) is 21.9 Å². The van der Waals surface area contributed by atoms with Crippen LogP contribution in [0, 0.1) is 29.3 Å². The molecule has 0 bridgehead atoms. The van der Waals surface area contributed by atoms with E-state index < -0.39 is 40.9 Å². The van der Waals surface area contributed by atoms with Gasteiger partial charge in [-0.2, -0.15) is 13.2 Å². The van der Waals surface area contributed by atoms with Crippen LogP contribution < -0.4 is 0 Å². The van der Waals surface area contributed by atoms with E-state index in [1.54, 1.807) is 24.3 Å². The molecule has 1 aliphatic rings. The molecule has 0 aliphatic carbocycles. The second-order valence-corrected chi connectivity index (χ2v) is 6.90. The van der Waals surface area contributed by atoms with Gasteiger partial charge >= 0.3 is 6.18 Å². The van der Waals surface area contributed by atoms with E-state index in [0.717, 1.165) is 30.0 Å². The zero-order chi connectivity index (χ0) is 22.2. The molecule has 31 heavy (non-hydrogen) atoms. The number of halogens is 6. The molecule has 0 atom stereocenters. The third-order valence-electron chi connectivity index (χ3n) is 4.75. The molecule has 3 aromatic rings. The quantitative estimate of drug-likeness (QED) is 0.348. The topological polar surface area (TPSA) is 18.5 Å². The molecule has 1 saturated heterocycles. The molecule has 1 fully saturated rings. The van der Waals surface area contributed by atoms with Gasteiger partial charge in [0.05, 0.1) is 24.2 Å². The van der Waals surface area contributed by atoms with Gasteiger partial charge in [-0.1, -0.05) is 30.2 Å². The van der Waals surface area contributed by atoms with Crippen LogP contribution in [-0.2, 0) is 9.47 Å². The van der Waals surface area contributed by atoms with Crippen LogP contribution in [0.15, 0.2) is 42.5 Å². The summed E-state index contributed by atoms with van der Waals surface area (Å²) in [6.07, 6.45) is -4.62. The zero-order valence-corrected chi connectivity index (χ0v) is 15.8. The van der Waals surface area contributed by atoms with Crippen molar-refractivity contribution in [1.82, 2.24) is 0 Å². The maximum atomic E-state index is 14.7. The van der Waals surface area contributed by atoms with Gasteiger partial charge in [-0.15, -0.1) is 0 Å². The van der Waals surface area contributed by atoms with E-state index in [-0.39, 0.29) is 5.39 Å². The van der Waals surface area contributed by atoms with Gasteiger partial charge in [0.2, 0.25) is 0 Å². The Morgan fingerprint density at radius 1 is 0.839 bits per heavy atom. The first-order chi connectivity index (χ1) is 14.7. The smallest absolute Gasteiger partial charge is 0.348 e. The van der Waals surface area contributed by atoms with Crippen molar-refractivity contribution >= 4 is 10.8 Å². The van der Waals surface area contributed by atoms with Crippen molar-refractivity contribution < 1.29 is 35.8 Å². The first kappa shape index (κ1) is 21.2. The fraction of sp³-hybridized carbons (Fsp3) is 0.217. The predicted octanol–water partition coefficient (Wildman–Crippen LogP) is 6.27. The summed E-state index contributed by atoms with van der Waals surface area (Å²) in [5.41, 5.74) is 0.556. The molecule has 0 aromatic heterocycles. The molecule has 0 spiro atoms. The standard InChI is InChI=1S/C23H14F6O2/c24-18-12-16-10-15(13-2-4-14(5-3-13)22-30-8-1-9-31-22)11-19(25)20(16)21(26)17(18)6-7-23(27,28)29/h2-5,10-12,22H,1,8-9H2. The molecule has 0 N–H and O–H groups in total. The summed E-state index contributed by atoms with van der Waals surface area (Å²) in [6.45, 7) is 1.16. The summed E-state index contributed by atoms with van der Waals surface area (Å²) >= 11 is 0. The minimum Gasteiger partial charge on any atom is -0.348 e. The van der Waals surface area contributed by atoms with Gasteiger partial charge in [0.1, 0.15) is 11.6 Å². The molecule has 0 saturated carbocycles. The highest BCUT2D eigenvalue weighted by atomic mass is 19.4. The van der Waals surface area contributed by atoms with Crippen LogP contribution in [0.4, 0.5) is 26.3 Å². The summed E-state index contributed by atoms with van der Waals surface area (Å²) in [6, 6.07) is 10.0. The number of alkyl halides is 3. The number of rotatable bonds is 2. The van der Waals surface area contributed by atoms with Crippen molar-refractivity contribution in [3.05, 3.63) is 71.0 Å². The summed E-state index contributed by atoms with van der Waals surface area (Å²) in [4.78, 5) is 0. The van der Waals surface area contributed by atoms with E-state index in [0.29, 0.717) is 24.3 Å². The first-order valence-corrected chi connectivity index (χ1v) is 9.27. The van der Waals surface area contributed by atoms with Gasteiger partial charge in [0, 0.05) is 11.5 Å².